The molecule has 0 fully saturated rings. The fraction of sp³-hybridized carbons (Fsp3) is 0.0667. The van der Waals surface area contributed by atoms with Gasteiger partial charge in [0.2, 0.25) is 0 Å². The number of nitrogen functional groups attached to an aromatic ring is 1. The van der Waals surface area contributed by atoms with E-state index in [1.54, 1.807) is 24.3 Å². The van der Waals surface area contributed by atoms with E-state index in [9.17, 15) is 19.5 Å². The number of ether oxygens (including phenoxy) is 1. The van der Waals surface area contributed by atoms with Crippen LogP contribution in [0.5, 0.6) is 5.75 Å². The minimum Gasteiger partial charge on any atom is -0.497 e. The molecule has 1 aromatic heterocycles. The summed E-state index contributed by atoms with van der Waals surface area (Å²) >= 11 is 0. The zero-order valence-corrected chi connectivity index (χ0v) is 12.6. The summed E-state index contributed by atoms with van der Waals surface area (Å²) in [5, 5.41) is 9.20. The molecule has 0 spiro atoms. The number of aliphatic carboxylic acids is 1. The molecule has 124 valence electrons. The van der Waals surface area contributed by atoms with Gasteiger partial charge in [-0.15, -0.1) is 0 Å². The first-order valence-corrected chi connectivity index (χ1v) is 6.67. The number of aliphatic imine (C=N–C) groups is 1. The Balaban J connectivity index is 2.39. The summed E-state index contributed by atoms with van der Waals surface area (Å²) in [7, 11) is 1.53. The standard InChI is InChI=1S/C15H14N4O5/c1-24-9-5-2-8(3-6-9)4-7-10(14(21)22)17-12-11(16)13(20)19-15(23)18-12/h2-7H,16H2,1H3,(H,21,22)(H2,18,19,20,23)/b7-4+,17-10-. The zero-order valence-electron chi connectivity index (χ0n) is 12.6. The van der Waals surface area contributed by atoms with Crippen LogP contribution in [0.25, 0.3) is 6.08 Å². The molecule has 0 aliphatic heterocycles. The molecule has 0 atom stereocenters. The molecule has 0 unspecified atom stereocenters. The van der Waals surface area contributed by atoms with Crippen LogP contribution >= 0.6 is 0 Å². The Hall–Kier alpha value is -3.62. The van der Waals surface area contributed by atoms with Gasteiger partial charge in [0.25, 0.3) is 5.56 Å². The summed E-state index contributed by atoms with van der Waals surface area (Å²) < 4.78 is 5.03. The third kappa shape index (κ3) is 3.97. The number of aromatic nitrogens is 2. The molecule has 9 heteroatoms. The van der Waals surface area contributed by atoms with E-state index in [4.69, 9.17) is 10.5 Å². The molecular weight excluding hydrogens is 316 g/mol. The maximum absolute atomic E-state index is 11.4. The molecule has 0 saturated heterocycles. The highest BCUT2D eigenvalue weighted by atomic mass is 16.5. The SMILES string of the molecule is COc1ccc(/C=C/C(=N/c2[nH]c(=O)[nH]c(=O)c2N)C(=O)O)cc1. The number of carboxylic acids is 1. The number of carbonyl (C=O) groups is 1. The van der Waals surface area contributed by atoms with E-state index in [1.165, 1.54) is 19.3 Å². The third-order valence-corrected chi connectivity index (χ3v) is 2.96. The largest absolute Gasteiger partial charge is 0.497 e. The second-order valence-electron chi connectivity index (χ2n) is 4.58. The first-order valence-electron chi connectivity index (χ1n) is 6.67. The molecule has 1 heterocycles. The maximum atomic E-state index is 11.4. The van der Waals surface area contributed by atoms with Gasteiger partial charge >= 0.3 is 11.7 Å². The van der Waals surface area contributed by atoms with Crippen LogP contribution in [0.2, 0.25) is 0 Å². The summed E-state index contributed by atoms with van der Waals surface area (Å²) in [4.78, 5) is 41.8. The molecule has 0 amide bonds. The lowest BCUT2D eigenvalue weighted by molar-refractivity contribution is -0.129. The summed E-state index contributed by atoms with van der Waals surface area (Å²) in [6.07, 6.45) is 2.73. The molecule has 0 saturated carbocycles. The smallest absolute Gasteiger partial charge is 0.354 e. The fourth-order valence-corrected chi connectivity index (χ4v) is 1.74. The van der Waals surface area contributed by atoms with Gasteiger partial charge < -0.3 is 15.6 Å². The highest BCUT2D eigenvalue weighted by Gasteiger charge is 2.10. The van der Waals surface area contributed by atoms with Crippen molar-refractivity contribution in [1.82, 2.24) is 9.97 Å². The fourth-order valence-electron chi connectivity index (χ4n) is 1.74. The molecule has 2 rings (SSSR count). The van der Waals surface area contributed by atoms with E-state index in [0.717, 1.165) is 0 Å². The number of nitrogens with two attached hydrogens (primary N) is 1. The number of nitrogens with one attached hydrogen (secondary N) is 2. The van der Waals surface area contributed by atoms with Gasteiger partial charge in [-0.25, -0.2) is 14.6 Å². The van der Waals surface area contributed by atoms with Crippen LogP contribution in [-0.4, -0.2) is 33.9 Å². The molecule has 0 bridgehead atoms. The quantitative estimate of drug-likeness (QED) is 0.587. The number of hydrogen-bond acceptors (Lipinski definition) is 6. The van der Waals surface area contributed by atoms with Gasteiger partial charge in [-0.2, -0.15) is 0 Å². The zero-order chi connectivity index (χ0) is 17.7. The van der Waals surface area contributed by atoms with Crippen molar-refractivity contribution in [3.8, 4) is 5.75 Å². The number of hydrogen-bond donors (Lipinski definition) is 4. The lowest BCUT2D eigenvalue weighted by Gasteiger charge is -2.01. The van der Waals surface area contributed by atoms with Gasteiger partial charge in [0, 0.05) is 0 Å². The van der Waals surface area contributed by atoms with Crippen molar-refractivity contribution in [1.29, 1.82) is 0 Å². The Kier molecular flexibility index (Phi) is 4.95. The third-order valence-electron chi connectivity index (χ3n) is 2.96. The lowest BCUT2D eigenvalue weighted by atomic mass is 10.2. The van der Waals surface area contributed by atoms with E-state index >= 15 is 0 Å². The lowest BCUT2D eigenvalue weighted by Crippen LogP contribution is -2.24. The number of H-pyrrole nitrogens is 2. The second-order valence-corrected chi connectivity index (χ2v) is 4.58. The van der Waals surface area contributed by atoms with Gasteiger partial charge in [-0.3, -0.25) is 14.8 Å². The molecular formula is C15H14N4O5. The van der Waals surface area contributed by atoms with Crippen LogP contribution < -0.4 is 21.7 Å². The van der Waals surface area contributed by atoms with Crippen molar-refractivity contribution < 1.29 is 14.6 Å². The second kappa shape index (κ2) is 7.09. The van der Waals surface area contributed by atoms with Crippen molar-refractivity contribution in [3.05, 3.63) is 56.7 Å². The molecule has 2 aromatic rings. The van der Waals surface area contributed by atoms with Crippen LogP contribution in [0, 0.1) is 0 Å². The monoisotopic (exact) mass is 330 g/mol. The van der Waals surface area contributed by atoms with Crippen molar-refractivity contribution in [2.24, 2.45) is 4.99 Å². The number of carboxylic acid groups (broad SMARTS) is 1. The predicted octanol–water partition coefficient (Wildman–Crippen LogP) is 0.524. The summed E-state index contributed by atoms with van der Waals surface area (Å²) in [6, 6.07) is 6.86. The van der Waals surface area contributed by atoms with Crippen molar-refractivity contribution >= 4 is 29.3 Å². The Bertz CT molecular complexity index is 922. The molecule has 9 nitrogen and oxygen atoms in total. The van der Waals surface area contributed by atoms with Crippen molar-refractivity contribution in [3.63, 3.8) is 0 Å². The number of methoxy groups -OCH3 is 1. The molecule has 0 aliphatic carbocycles. The summed E-state index contributed by atoms with van der Waals surface area (Å²) in [5.74, 6) is -1.01. The van der Waals surface area contributed by atoms with Gasteiger partial charge in [0.1, 0.15) is 11.4 Å². The van der Waals surface area contributed by atoms with Gasteiger partial charge in [-0.05, 0) is 23.8 Å². The number of anilines is 1. The topological polar surface area (TPSA) is 151 Å². The average molecular weight is 330 g/mol. The normalized spacial score (nSPS) is 11.6. The summed E-state index contributed by atoms with van der Waals surface area (Å²) in [6.45, 7) is 0. The van der Waals surface area contributed by atoms with Crippen molar-refractivity contribution in [2.75, 3.05) is 12.8 Å². The van der Waals surface area contributed by atoms with Gasteiger partial charge in [0.15, 0.2) is 11.5 Å². The minimum absolute atomic E-state index is 0.319. The van der Waals surface area contributed by atoms with E-state index < -0.39 is 22.9 Å². The van der Waals surface area contributed by atoms with Crippen molar-refractivity contribution in [2.45, 2.75) is 0 Å². The van der Waals surface area contributed by atoms with E-state index in [-0.39, 0.29) is 11.5 Å². The average Bonchev–Trinajstić information content (AvgIpc) is 2.55. The van der Waals surface area contributed by atoms with Gasteiger partial charge in [0.05, 0.1) is 7.11 Å². The van der Waals surface area contributed by atoms with Crippen LogP contribution in [-0.2, 0) is 4.79 Å². The highest BCUT2D eigenvalue weighted by Crippen LogP contribution is 2.14. The molecule has 0 aliphatic rings. The Morgan fingerprint density at radius 3 is 2.50 bits per heavy atom. The van der Waals surface area contributed by atoms with Crippen LogP contribution in [0.3, 0.4) is 0 Å². The Morgan fingerprint density at radius 1 is 1.25 bits per heavy atom. The molecule has 5 N–H and O–H groups in total. The Labute approximate surface area is 135 Å². The number of benzene rings is 1. The maximum Gasteiger partial charge on any atom is 0.354 e. The molecule has 24 heavy (non-hydrogen) atoms. The minimum atomic E-state index is -1.35. The summed E-state index contributed by atoms with van der Waals surface area (Å²) in [5.41, 5.74) is 3.72. The number of aromatic amines is 2. The van der Waals surface area contributed by atoms with Crippen LogP contribution in [0.1, 0.15) is 5.56 Å². The van der Waals surface area contributed by atoms with E-state index in [2.05, 4.69) is 9.98 Å². The highest BCUT2D eigenvalue weighted by molar-refractivity contribution is 6.41. The Morgan fingerprint density at radius 2 is 1.92 bits per heavy atom. The first kappa shape index (κ1) is 16.7. The number of rotatable bonds is 5. The predicted molar refractivity (Wildman–Crippen MR) is 88.9 cm³/mol. The van der Waals surface area contributed by atoms with E-state index in [0.29, 0.717) is 11.3 Å². The molecule has 1 aromatic carbocycles. The molecule has 0 radical (unpaired) electrons. The van der Waals surface area contributed by atoms with Crippen LogP contribution in [0.15, 0.2) is 44.9 Å². The first-order chi connectivity index (χ1) is 11.4. The number of nitrogens with zero attached hydrogens (tertiary/aromatic N) is 1. The van der Waals surface area contributed by atoms with Crippen LogP contribution in [0.4, 0.5) is 11.5 Å². The van der Waals surface area contributed by atoms with Gasteiger partial charge in [-0.1, -0.05) is 18.2 Å². The van der Waals surface area contributed by atoms with E-state index in [1.807, 2.05) is 4.98 Å².